The number of nitro benzene ring substituents is 1. The summed E-state index contributed by atoms with van der Waals surface area (Å²) in [4.78, 5) is 24.0. The van der Waals surface area contributed by atoms with Crippen molar-refractivity contribution < 1.29 is 9.72 Å². The van der Waals surface area contributed by atoms with Gasteiger partial charge < -0.3 is 16.0 Å². The Labute approximate surface area is 123 Å². The summed E-state index contributed by atoms with van der Waals surface area (Å²) in [6, 6.07) is 4.44. The number of anilines is 1. The van der Waals surface area contributed by atoms with Crippen LogP contribution in [0.1, 0.15) is 23.2 Å². The van der Waals surface area contributed by atoms with Crippen molar-refractivity contribution in [1.82, 2.24) is 5.32 Å². The van der Waals surface area contributed by atoms with E-state index >= 15 is 0 Å². The fourth-order valence-electron chi connectivity index (χ4n) is 2.83. The quantitative estimate of drug-likeness (QED) is 0.625. The molecule has 3 N–H and O–H groups in total. The Kier molecular flexibility index (Phi) is 4.74. The van der Waals surface area contributed by atoms with Gasteiger partial charge >= 0.3 is 0 Å². The number of nitro groups is 1. The average molecular weight is 292 g/mol. The zero-order chi connectivity index (χ0) is 15.4. The molecule has 0 spiro atoms. The van der Waals surface area contributed by atoms with Gasteiger partial charge in [-0.3, -0.25) is 14.9 Å². The third-order valence-electron chi connectivity index (χ3n) is 3.81. The Bertz CT molecular complexity index is 545. The zero-order valence-electron chi connectivity index (χ0n) is 12.0. The van der Waals surface area contributed by atoms with Gasteiger partial charge in [-0.05, 0) is 44.5 Å². The van der Waals surface area contributed by atoms with Crippen molar-refractivity contribution >= 4 is 17.3 Å². The van der Waals surface area contributed by atoms with Crippen LogP contribution in [0.4, 0.5) is 11.4 Å². The summed E-state index contributed by atoms with van der Waals surface area (Å²) < 4.78 is 0. The fourth-order valence-corrected chi connectivity index (χ4v) is 2.83. The number of hydrogen-bond acceptors (Lipinski definition) is 5. The molecule has 2 rings (SSSR count). The zero-order valence-corrected chi connectivity index (χ0v) is 12.0. The summed E-state index contributed by atoms with van der Waals surface area (Å²) in [5.74, 6) is -0.185. The normalized spacial score (nSPS) is 18.5. The van der Waals surface area contributed by atoms with E-state index in [1.165, 1.54) is 6.07 Å². The summed E-state index contributed by atoms with van der Waals surface area (Å²) in [6.45, 7) is 2.46. The molecule has 7 nitrogen and oxygen atoms in total. The van der Waals surface area contributed by atoms with Gasteiger partial charge in [0, 0.05) is 24.7 Å². The van der Waals surface area contributed by atoms with Crippen LogP contribution in [0.3, 0.4) is 0 Å². The molecule has 0 bridgehead atoms. The molecule has 1 aliphatic heterocycles. The van der Waals surface area contributed by atoms with Crippen LogP contribution in [0.2, 0.25) is 0 Å². The van der Waals surface area contributed by atoms with Crippen LogP contribution in [-0.2, 0) is 0 Å². The minimum atomic E-state index is -0.656. The SMILES string of the molecule is CNCC1CCCN(c2ccc(C(N)=O)cc2[N+](=O)[O-])C1. The summed E-state index contributed by atoms with van der Waals surface area (Å²) >= 11 is 0. The number of amides is 1. The molecule has 1 aliphatic rings. The van der Waals surface area contributed by atoms with Crippen LogP contribution in [0.5, 0.6) is 0 Å². The summed E-state index contributed by atoms with van der Waals surface area (Å²) in [5.41, 5.74) is 5.85. The van der Waals surface area contributed by atoms with Gasteiger partial charge in [-0.1, -0.05) is 0 Å². The van der Waals surface area contributed by atoms with Crippen LogP contribution >= 0.6 is 0 Å². The topological polar surface area (TPSA) is 102 Å². The molecule has 7 heteroatoms. The van der Waals surface area contributed by atoms with Crippen molar-refractivity contribution in [1.29, 1.82) is 0 Å². The highest BCUT2D eigenvalue weighted by Crippen LogP contribution is 2.32. The lowest BCUT2D eigenvalue weighted by Crippen LogP contribution is -2.39. The van der Waals surface area contributed by atoms with E-state index < -0.39 is 10.8 Å². The number of nitrogens with zero attached hydrogens (tertiary/aromatic N) is 2. The van der Waals surface area contributed by atoms with Crippen molar-refractivity contribution in [3.05, 3.63) is 33.9 Å². The number of carbonyl (C=O) groups excluding carboxylic acids is 1. The first-order chi connectivity index (χ1) is 10.0. The molecule has 21 heavy (non-hydrogen) atoms. The standard InChI is InChI=1S/C14H20N4O3/c1-16-8-10-3-2-6-17(9-10)12-5-4-11(14(15)19)7-13(12)18(20)21/h4-5,7,10,16H,2-3,6,8-9H2,1H3,(H2,15,19). The van der Waals surface area contributed by atoms with Gasteiger partial charge in [-0.25, -0.2) is 0 Å². The van der Waals surface area contributed by atoms with Crippen LogP contribution < -0.4 is 16.0 Å². The number of piperidine rings is 1. The second-order valence-electron chi connectivity index (χ2n) is 5.34. The van der Waals surface area contributed by atoms with Crippen molar-refractivity contribution in [2.45, 2.75) is 12.8 Å². The molecule has 1 amide bonds. The molecule has 114 valence electrons. The molecule has 0 aliphatic carbocycles. The predicted molar refractivity (Wildman–Crippen MR) is 80.5 cm³/mol. The Morgan fingerprint density at radius 3 is 2.95 bits per heavy atom. The summed E-state index contributed by atoms with van der Waals surface area (Å²) in [5, 5.41) is 14.4. The fraction of sp³-hybridized carbons (Fsp3) is 0.500. The number of nitrogens with one attached hydrogen (secondary N) is 1. The van der Waals surface area contributed by atoms with Crippen LogP contribution in [0.25, 0.3) is 0 Å². The number of benzene rings is 1. The largest absolute Gasteiger partial charge is 0.366 e. The number of primary amides is 1. The van der Waals surface area contributed by atoms with Crippen molar-refractivity contribution in [3.63, 3.8) is 0 Å². The maximum absolute atomic E-state index is 11.3. The molecular weight excluding hydrogens is 272 g/mol. The maximum Gasteiger partial charge on any atom is 0.293 e. The Morgan fingerprint density at radius 1 is 1.57 bits per heavy atom. The van der Waals surface area contributed by atoms with Gasteiger partial charge in [-0.15, -0.1) is 0 Å². The van der Waals surface area contributed by atoms with Crippen molar-refractivity contribution in [2.24, 2.45) is 11.7 Å². The smallest absolute Gasteiger partial charge is 0.293 e. The molecule has 0 aromatic heterocycles. The second-order valence-corrected chi connectivity index (χ2v) is 5.34. The number of hydrogen-bond donors (Lipinski definition) is 2. The number of rotatable bonds is 5. The highest BCUT2D eigenvalue weighted by molar-refractivity contribution is 5.94. The Balaban J connectivity index is 2.29. The highest BCUT2D eigenvalue weighted by atomic mass is 16.6. The van der Waals surface area contributed by atoms with Crippen LogP contribution in [0, 0.1) is 16.0 Å². The van der Waals surface area contributed by atoms with Gasteiger partial charge in [0.1, 0.15) is 5.69 Å². The van der Waals surface area contributed by atoms with E-state index in [-0.39, 0.29) is 11.3 Å². The highest BCUT2D eigenvalue weighted by Gasteiger charge is 2.26. The van der Waals surface area contributed by atoms with E-state index in [0.29, 0.717) is 11.6 Å². The van der Waals surface area contributed by atoms with Gasteiger partial charge in [-0.2, -0.15) is 0 Å². The van der Waals surface area contributed by atoms with Crippen molar-refractivity contribution in [2.75, 3.05) is 31.6 Å². The minimum Gasteiger partial charge on any atom is -0.366 e. The molecule has 1 atom stereocenters. The number of carbonyl (C=O) groups is 1. The molecule has 1 aromatic carbocycles. The van der Waals surface area contributed by atoms with Gasteiger partial charge in [0.2, 0.25) is 5.91 Å². The molecule has 1 unspecified atom stereocenters. The first-order valence-electron chi connectivity index (χ1n) is 7.00. The van der Waals surface area contributed by atoms with E-state index in [9.17, 15) is 14.9 Å². The molecule has 1 aromatic rings. The predicted octanol–water partition coefficient (Wildman–Crippen LogP) is 1.13. The van der Waals surface area contributed by atoms with Gasteiger partial charge in [0.25, 0.3) is 5.69 Å². The van der Waals surface area contributed by atoms with E-state index in [2.05, 4.69) is 5.32 Å². The maximum atomic E-state index is 11.3. The molecule has 1 fully saturated rings. The summed E-state index contributed by atoms with van der Waals surface area (Å²) in [7, 11) is 1.91. The monoisotopic (exact) mass is 292 g/mol. The second kappa shape index (κ2) is 6.53. The number of nitrogens with two attached hydrogens (primary N) is 1. The lowest BCUT2D eigenvalue weighted by Gasteiger charge is -2.34. The lowest BCUT2D eigenvalue weighted by molar-refractivity contribution is -0.384. The molecule has 1 heterocycles. The molecule has 1 saturated heterocycles. The first-order valence-corrected chi connectivity index (χ1v) is 7.00. The van der Waals surface area contributed by atoms with E-state index in [0.717, 1.165) is 32.5 Å². The van der Waals surface area contributed by atoms with E-state index in [1.807, 2.05) is 11.9 Å². The molecular formula is C14H20N4O3. The molecule has 0 radical (unpaired) electrons. The van der Waals surface area contributed by atoms with Gasteiger partial charge in [0.15, 0.2) is 0 Å². The first kappa shape index (κ1) is 15.2. The third kappa shape index (κ3) is 3.49. The van der Waals surface area contributed by atoms with Gasteiger partial charge in [0.05, 0.1) is 4.92 Å². The van der Waals surface area contributed by atoms with E-state index in [1.54, 1.807) is 12.1 Å². The average Bonchev–Trinajstić information content (AvgIpc) is 2.47. The third-order valence-corrected chi connectivity index (χ3v) is 3.81. The van der Waals surface area contributed by atoms with E-state index in [4.69, 9.17) is 5.73 Å². The lowest BCUT2D eigenvalue weighted by atomic mass is 9.97. The Morgan fingerprint density at radius 2 is 2.33 bits per heavy atom. The Hall–Kier alpha value is -2.15. The minimum absolute atomic E-state index is 0.0589. The van der Waals surface area contributed by atoms with Crippen LogP contribution in [-0.4, -0.2) is 37.5 Å². The molecule has 0 saturated carbocycles. The van der Waals surface area contributed by atoms with Crippen LogP contribution in [0.15, 0.2) is 18.2 Å². The summed E-state index contributed by atoms with van der Waals surface area (Å²) in [6.07, 6.45) is 2.12. The van der Waals surface area contributed by atoms with Crippen molar-refractivity contribution in [3.8, 4) is 0 Å².